The molecule has 2 unspecified atom stereocenters. The highest BCUT2D eigenvalue weighted by Gasteiger charge is 2.26. The molecule has 2 aromatic carbocycles. The van der Waals surface area contributed by atoms with Gasteiger partial charge in [0.25, 0.3) is 0 Å². The Hall–Kier alpha value is -2.28. The second-order valence-corrected chi connectivity index (χ2v) is 8.47. The molecule has 162 valence electrons. The lowest BCUT2D eigenvalue weighted by molar-refractivity contribution is -0.124. The third-order valence-corrected chi connectivity index (χ3v) is 4.67. The van der Waals surface area contributed by atoms with Crippen molar-refractivity contribution in [1.82, 2.24) is 10.6 Å². The second-order valence-electron chi connectivity index (χ2n) is 7.63. The fourth-order valence-electron chi connectivity index (χ4n) is 2.75. The van der Waals surface area contributed by atoms with E-state index in [-0.39, 0.29) is 6.54 Å². The van der Waals surface area contributed by atoms with Crippen LogP contribution in [0.25, 0.3) is 0 Å². The van der Waals surface area contributed by atoms with Crippen molar-refractivity contribution in [2.75, 3.05) is 13.7 Å². The molecule has 0 radical (unpaired) electrons. The molecule has 30 heavy (non-hydrogen) atoms. The van der Waals surface area contributed by atoms with Crippen LogP contribution < -0.4 is 10.6 Å². The van der Waals surface area contributed by atoms with E-state index in [1.54, 1.807) is 63.2 Å². The molecule has 0 heterocycles. The van der Waals surface area contributed by atoms with Gasteiger partial charge in [0.15, 0.2) is 0 Å². The van der Waals surface area contributed by atoms with Crippen LogP contribution in [0.4, 0.5) is 4.79 Å². The fraction of sp³-hybridized carbons (Fsp3) is 0.364. The minimum absolute atomic E-state index is 0.149. The molecule has 0 aliphatic rings. The zero-order valence-electron chi connectivity index (χ0n) is 17.4. The minimum atomic E-state index is -0.931. The fourth-order valence-corrected chi connectivity index (χ4v) is 3.28. The number of methoxy groups -OCH3 is 1. The van der Waals surface area contributed by atoms with Crippen LogP contribution in [-0.2, 0) is 14.3 Å². The lowest BCUT2D eigenvalue weighted by Crippen LogP contribution is -2.43. The Morgan fingerprint density at radius 3 is 2.30 bits per heavy atom. The first-order valence-electron chi connectivity index (χ1n) is 9.40. The zero-order chi connectivity index (χ0) is 22.3. The van der Waals surface area contributed by atoms with Crippen LogP contribution in [0.2, 0.25) is 10.0 Å². The normalized spacial score (nSPS) is 13.3. The number of carbonyl (C=O) groups excluding carboxylic acids is 2. The van der Waals surface area contributed by atoms with E-state index in [1.165, 1.54) is 7.11 Å². The molecular weight excluding hydrogens is 427 g/mol. The van der Waals surface area contributed by atoms with Crippen LogP contribution in [0.1, 0.15) is 44.0 Å². The number of hydrogen-bond acceptors (Lipinski definition) is 4. The standard InChI is InChI=1S/C22H26Cl2N2O4/c1-22(2,3)30-21(28)26-19(14-8-6-5-7-9-14)20(27)25-13-18(29-4)16-11-10-15(23)12-17(16)24/h5-12,18-19H,13H2,1-4H3,(H,25,27)(H,26,28). The molecule has 0 bridgehead atoms. The molecule has 8 heteroatoms. The number of ether oxygens (including phenoxy) is 2. The van der Waals surface area contributed by atoms with Gasteiger partial charge >= 0.3 is 6.09 Å². The summed E-state index contributed by atoms with van der Waals surface area (Å²) in [6, 6.07) is 13.1. The van der Waals surface area contributed by atoms with Crippen molar-refractivity contribution in [3.05, 3.63) is 69.7 Å². The van der Waals surface area contributed by atoms with Crippen molar-refractivity contribution in [1.29, 1.82) is 0 Å². The molecule has 2 N–H and O–H groups in total. The molecule has 0 saturated heterocycles. The molecule has 0 saturated carbocycles. The summed E-state index contributed by atoms with van der Waals surface area (Å²) in [6.45, 7) is 5.41. The number of benzene rings is 2. The number of hydrogen-bond donors (Lipinski definition) is 2. The largest absolute Gasteiger partial charge is 0.444 e. The van der Waals surface area contributed by atoms with Gasteiger partial charge in [-0.2, -0.15) is 0 Å². The quantitative estimate of drug-likeness (QED) is 0.614. The second kappa shape index (κ2) is 10.7. The van der Waals surface area contributed by atoms with Crippen molar-refractivity contribution >= 4 is 35.2 Å². The van der Waals surface area contributed by atoms with Gasteiger partial charge in [-0.15, -0.1) is 0 Å². The van der Waals surface area contributed by atoms with Crippen LogP contribution >= 0.6 is 23.2 Å². The van der Waals surface area contributed by atoms with Gasteiger partial charge in [0.2, 0.25) is 5.91 Å². The zero-order valence-corrected chi connectivity index (χ0v) is 18.9. The molecule has 2 atom stereocenters. The molecule has 2 amide bonds. The highest BCUT2D eigenvalue weighted by Crippen LogP contribution is 2.28. The molecule has 0 fully saturated rings. The smallest absolute Gasteiger partial charge is 0.408 e. The maximum Gasteiger partial charge on any atom is 0.408 e. The van der Waals surface area contributed by atoms with E-state index in [1.807, 2.05) is 6.07 Å². The summed E-state index contributed by atoms with van der Waals surface area (Å²) in [5.74, 6) is -0.404. The molecule has 0 aliphatic heterocycles. The van der Waals surface area contributed by atoms with Gasteiger partial charge in [0.05, 0.1) is 0 Å². The first-order chi connectivity index (χ1) is 14.1. The Morgan fingerprint density at radius 2 is 1.73 bits per heavy atom. The maximum absolute atomic E-state index is 12.9. The Kier molecular flexibility index (Phi) is 8.53. The first-order valence-corrected chi connectivity index (χ1v) is 10.2. The van der Waals surface area contributed by atoms with Crippen LogP contribution in [0.3, 0.4) is 0 Å². The van der Waals surface area contributed by atoms with E-state index in [0.29, 0.717) is 21.2 Å². The average Bonchev–Trinajstić information content (AvgIpc) is 2.67. The molecule has 2 rings (SSSR count). The van der Waals surface area contributed by atoms with Gasteiger partial charge in [0.1, 0.15) is 17.7 Å². The molecule has 0 aliphatic carbocycles. The van der Waals surface area contributed by atoms with Gasteiger partial charge in [-0.1, -0.05) is 59.6 Å². The average molecular weight is 453 g/mol. The highest BCUT2D eigenvalue weighted by molar-refractivity contribution is 6.35. The number of rotatable bonds is 7. The van der Waals surface area contributed by atoms with Crippen LogP contribution in [-0.4, -0.2) is 31.3 Å². The van der Waals surface area contributed by atoms with Crippen molar-refractivity contribution < 1.29 is 19.1 Å². The van der Waals surface area contributed by atoms with Crippen molar-refractivity contribution in [3.63, 3.8) is 0 Å². The Balaban J connectivity index is 2.14. The van der Waals surface area contributed by atoms with Gasteiger partial charge in [-0.3, -0.25) is 4.79 Å². The maximum atomic E-state index is 12.9. The summed E-state index contributed by atoms with van der Waals surface area (Å²) in [5.41, 5.74) is 0.633. The third-order valence-electron chi connectivity index (χ3n) is 4.11. The monoisotopic (exact) mass is 452 g/mol. The SMILES string of the molecule is COC(CNC(=O)C(NC(=O)OC(C)(C)C)c1ccccc1)c1ccc(Cl)cc1Cl. The van der Waals surface area contributed by atoms with Gasteiger partial charge in [-0.25, -0.2) is 4.79 Å². The van der Waals surface area contributed by atoms with Crippen LogP contribution in [0.5, 0.6) is 0 Å². The van der Waals surface area contributed by atoms with Crippen molar-refractivity contribution in [2.24, 2.45) is 0 Å². The summed E-state index contributed by atoms with van der Waals surface area (Å²) in [7, 11) is 1.52. The Labute approximate surface area is 186 Å². The minimum Gasteiger partial charge on any atom is -0.444 e. The van der Waals surface area contributed by atoms with Crippen LogP contribution in [0, 0.1) is 0 Å². The lowest BCUT2D eigenvalue weighted by Gasteiger charge is -2.24. The van der Waals surface area contributed by atoms with E-state index >= 15 is 0 Å². The van der Waals surface area contributed by atoms with Crippen molar-refractivity contribution in [3.8, 4) is 0 Å². The molecule has 6 nitrogen and oxygen atoms in total. The summed E-state index contributed by atoms with van der Waals surface area (Å²) in [6.07, 6.45) is -1.17. The molecule has 2 aromatic rings. The topological polar surface area (TPSA) is 76.7 Å². The molecular formula is C22H26Cl2N2O4. The lowest BCUT2D eigenvalue weighted by atomic mass is 10.1. The van der Waals surface area contributed by atoms with Gasteiger partial charge in [0, 0.05) is 29.3 Å². The molecule has 0 spiro atoms. The molecule has 0 aromatic heterocycles. The predicted molar refractivity (Wildman–Crippen MR) is 118 cm³/mol. The van der Waals surface area contributed by atoms with E-state index in [2.05, 4.69) is 10.6 Å². The van der Waals surface area contributed by atoms with Gasteiger partial charge < -0.3 is 20.1 Å². The van der Waals surface area contributed by atoms with E-state index in [0.717, 1.165) is 0 Å². The number of nitrogens with one attached hydrogen (secondary N) is 2. The highest BCUT2D eigenvalue weighted by atomic mass is 35.5. The Morgan fingerprint density at radius 1 is 1.07 bits per heavy atom. The summed E-state index contributed by atoms with van der Waals surface area (Å²) in [5, 5.41) is 6.40. The van der Waals surface area contributed by atoms with Crippen LogP contribution in [0.15, 0.2) is 48.5 Å². The van der Waals surface area contributed by atoms with E-state index < -0.39 is 29.7 Å². The Bertz CT molecular complexity index is 869. The summed E-state index contributed by atoms with van der Waals surface area (Å²) in [4.78, 5) is 25.2. The predicted octanol–water partition coefficient (Wildman–Crippen LogP) is 5.06. The van der Waals surface area contributed by atoms with Crippen molar-refractivity contribution in [2.45, 2.75) is 38.5 Å². The first kappa shape index (κ1) is 24.0. The third kappa shape index (κ3) is 7.20. The number of carbonyl (C=O) groups is 2. The van der Waals surface area contributed by atoms with Gasteiger partial charge in [-0.05, 0) is 38.5 Å². The number of amides is 2. The van der Waals surface area contributed by atoms with E-state index in [4.69, 9.17) is 32.7 Å². The summed E-state index contributed by atoms with van der Waals surface area (Å²) < 4.78 is 10.8. The van der Waals surface area contributed by atoms with E-state index in [9.17, 15) is 9.59 Å². The summed E-state index contributed by atoms with van der Waals surface area (Å²) >= 11 is 12.2. The number of halogens is 2. The number of alkyl carbamates (subject to hydrolysis) is 1.